The summed E-state index contributed by atoms with van der Waals surface area (Å²) < 4.78 is 0. The number of likely N-dealkylation sites (tertiary alicyclic amines) is 1. The molecule has 1 aliphatic rings. The van der Waals surface area contributed by atoms with E-state index in [4.69, 9.17) is 17.3 Å². The van der Waals surface area contributed by atoms with Crippen LogP contribution >= 0.6 is 11.6 Å². The van der Waals surface area contributed by atoms with Gasteiger partial charge in [0.25, 0.3) is 0 Å². The zero-order valence-corrected chi connectivity index (χ0v) is 9.85. The Balaban J connectivity index is 2.14. The van der Waals surface area contributed by atoms with Crippen LogP contribution in [0.3, 0.4) is 0 Å². The maximum absolute atomic E-state index is 6.06. The molecule has 0 radical (unpaired) electrons. The minimum Gasteiger partial charge on any atom is -0.397 e. The van der Waals surface area contributed by atoms with Crippen LogP contribution in [0.4, 0.5) is 5.69 Å². The molecule has 2 rings (SSSR count). The Morgan fingerprint density at radius 1 is 1.33 bits per heavy atom. The normalized spacial score (nSPS) is 17.2. The van der Waals surface area contributed by atoms with Crippen LogP contribution in [0.25, 0.3) is 0 Å². The predicted octanol–water partition coefficient (Wildman–Crippen LogP) is 2.83. The third kappa shape index (κ3) is 2.44. The molecule has 1 aromatic rings. The molecule has 1 aromatic carbocycles. The van der Waals surface area contributed by atoms with Crippen LogP contribution in [0, 0.1) is 6.92 Å². The number of hydrogen-bond acceptors (Lipinski definition) is 2. The van der Waals surface area contributed by atoms with Gasteiger partial charge >= 0.3 is 0 Å². The van der Waals surface area contributed by atoms with Crippen molar-refractivity contribution in [2.24, 2.45) is 0 Å². The quantitative estimate of drug-likeness (QED) is 0.783. The maximum atomic E-state index is 6.06. The Morgan fingerprint density at radius 2 is 2.00 bits per heavy atom. The van der Waals surface area contributed by atoms with Crippen LogP contribution in [-0.4, -0.2) is 18.0 Å². The van der Waals surface area contributed by atoms with Crippen molar-refractivity contribution >= 4 is 17.3 Å². The molecular formula is C12H17ClN2. The fourth-order valence-corrected chi connectivity index (χ4v) is 2.41. The van der Waals surface area contributed by atoms with Gasteiger partial charge in [-0.25, -0.2) is 0 Å². The first kappa shape index (κ1) is 10.8. The number of halogens is 1. The van der Waals surface area contributed by atoms with Gasteiger partial charge in [0.2, 0.25) is 0 Å². The number of anilines is 1. The SMILES string of the molecule is Cc1cc(CN2CCCC2)cc(Cl)c1N. The minimum absolute atomic E-state index is 0.684. The molecule has 15 heavy (non-hydrogen) atoms. The second kappa shape index (κ2) is 4.42. The number of hydrogen-bond donors (Lipinski definition) is 1. The summed E-state index contributed by atoms with van der Waals surface area (Å²) in [5, 5.41) is 0.684. The van der Waals surface area contributed by atoms with Crippen LogP contribution in [0.15, 0.2) is 12.1 Å². The number of nitrogens with two attached hydrogens (primary N) is 1. The lowest BCUT2D eigenvalue weighted by molar-refractivity contribution is 0.331. The minimum atomic E-state index is 0.684. The van der Waals surface area contributed by atoms with Crippen molar-refractivity contribution < 1.29 is 0 Å². The van der Waals surface area contributed by atoms with Crippen LogP contribution in [0.1, 0.15) is 24.0 Å². The Labute approximate surface area is 96.0 Å². The summed E-state index contributed by atoms with van der Waals surface area (Å²) in [5.41, 5.74) is 8.88. The van der Waals surface area contributed by atoms with E-state index in [1.54, 1.807) is 0 Å². The van der Waals surface area contributed by atoms with Crippen molar-refractivity contribution in [3.63, 3.8) is 0 Å². The number of aryl methyl sites for hydroxylation is 1. The predicted molar refractivity (Wildman–Crippen MR) is 65.1 cm³/mol. The summed E-state index contributed by atoms with van der Waals surface area (Å²) in [5.74, 6) is 0. The van der Waals surface area contributed by atoms with E-state index in [2.05, 4.69) is 11.0 Å². The van der Waals surface area contributed by atoms with E-state index in [0.29, 0.717) is 10.7 Å². The first-order chi connectivity index (χ1) is 7.16. The monoisotopic (exact) mass is 224 g/mol. The molecule has 0 bridgehead atoms. The molecule has 1 aliphatic heterocycles. The van der Waals surface area contributed by atoms with Crippen LogP contribution in [0.2, 0.25) is 5.02 Å². The second-order valence-corrected chi connectivity index (χ2v) is 4.70. The van der Waals surface area contributed by atoms with Crippen molar-refractivity contribution in [1.82, 2.24) is 4.90 Å². The fourth-order valence-electron chi connectivity index (χ4n) is 2.12. The largest absolute Gasteiger partial charge is 0.397 e. The van der Waals surface area contributed by atoms with Gasteiger partial charge in [-0.3, -0.25) is 4.90 Å². The van der Waals surface area contributed by atoms with Crippen LogP contribution < -0.4 is 5.73 Å². The average Bonchev–Trinajstić information content (AvgIpc) is 2.66. The molecule has 1 saturated heterocycles. The highest BCUT2D eigenvalue weighted by Crippen LogP contribution is 2.25. The van der Waals surface area contributed by atoms with E-state index in [-0.39, 0.29) is 0 Å². The maximum Gasteiger partial charge on any atom is 0.0641 e. The van der Waals surface area contributed by atoms with Gasteiger partial charge < -0.3 is 5.73 Å². The molecule has 0 amide bonds. The topological polar surface area (TPSA) is 29.3 Å². The molecular weight excluding hydrogens is 208 g/mol. The molecule has 0 spiro atoms. The van der Waals surface area contributed by atoms with E-state index in [9.17, 15) is 0 Å². The van der Waals surface area contributed by atoms with Gasteiger partial charge in [-0.05, 0) is 50.0 Å². The average molecular weight is 225 g/mol. The lowest BCUT2D eigenvalue weighted by atomic mass is 10.1. The van der Waals surface area contributed by atoms with Crippen molar-refractivity contribution in [3.05, 3.63) is 28.3 Å². The summed E-state index contributed by atoms with van der Waals surface area (Å²) in [7, 11) is 0. The van der Waals surface area contributed by atoms with E-state index < -0.39 is 0 Å². The Kier molecular flexibility index (Phi) is 3.17. The van der Waals surface area contributed by atoms with Gasteiger partial charge in [0, 0.05) is 6.54 Å². The molecule has 1 fully saturated rings. The molecule has 0 saturated carbocycles. The third-order valence-electron chi connectivity index (χ3n) is 3.00. The van der Waals surface area contributed by atoms with E-state index in [1.807, 2.05) is 13.0 Å². The van der Waals surface area contributed by atoms with Gasteiger partial charge in [0.15, 0.2) is 0 Å². The fraction of sp³-hybridized carbons (Fsp3) is 0.500. The molecule has 0 aliphatic carbocycles. The van der Waals surface area contributed by atoms with E-state index in [0.717, 1.165) is 12.1 Å². The van der Waals surface area contributed by atoms with Crippen LogP contribution in [-0.2, 0) is 6.54 Å². The number of nitrogen functional groups attached to an aromatic ring is 1. The second-order valence-electron chi connectivity index (χ2n) is 4.29. The van der Waals surface area contributed by atoms with Crippen molar-refractivity contribution in [2.75, 3.05) is 18.8 Å². The van der Waals surface area contributed by atoms with Gasteiger partial charge in [0.05, 0.1) is 10.7 Å². The molecule has 0 atom stereocenters. The Hall–Kier alpha value is -0.730. The van der Waals surface area contributed by atoms with Crippen molar-refractivity contribution in [2.45, 2.75) is 26.3 Å². The number of nitrogens with zero attached hydrogens (tertiary/aromatic N) is 1. The molecule has 82 valence electrons. The van der Waals surface area contributed by atoms with Gasteiger partial charge in [0.1, 0.15) is 0 Å². The molecule has 3 heteroatoms. The highest BCUT2D eigenvalue weighted by Gasteiger charge is 2.12. The molecule has 1 heterocycles. The highest BCUT2D eigenvalue weighted by atomic mass is 35.5. The Morgan fingerprint density at radius 3 is 2.60 bits per heavy atom. The first-order valence-electron chi connectivity index (χ1n) is 5.43. The number of rotatable bonds is 2. The third-order valence-corrected chi connectivity index (χ3v) is 3.31. The van der Waals surface area contributed by atoms with Crippen molar-refractivity contribution in [1.29, 1.82) is 0 Å². The molecule has 0 unspecified atom stereocenters. The Bertz CT molecular complexity index is 334. The highest BCUT2D eigenvalue weighted by molar-refractivity contribution is 6.33. The first-order valence-corrected chi connectivity index (χ1v) is 5.81. The zero-order valence-electron chi connectivity index (χ0n) is 9.09. The standard InChI is InChI=1S/C12H17ClN2/c1-9-6-10(7-11(13)12(9)14)8-15-4-2-3-5-15/h6-7H,2-5,8,14H2,1H3. The summed E-state index contributed by atoms with van der Waals surface area (Å²) >= 11 is 6.06. The number of benzene rings is 1. The van der Waals surface area contributed by atoms with E-state index >= 15 is 0 Å². The van der Waals surface area contributed by atoms with E-state index in [1.165, 1.54) is 31.5 Å². The van der Waals surface area contributed by atoms with Crippen LogP contribution in [0.5, 0.6) is 0 Å². The summed E-state index contributed by atoms with van der Waals surface area (Å²) in [6.45, 7) is 5.43. The van der Waals surface area contributed by atoms with Crippen molar-refractivity contribution in [3.8, 4) is 0 Å². The molecule has 2 N–H and O–H groups in total. The molecule has 0 aromatic heterocycles. The molecule has 2 nitrogen and oxygen atoms in total. The summed E-state index contributed by atoms with van der Waals surface area (Å²) in [6.07, 6.45) is 2.64. The van der Waals surface area contributed by atoms with Gasteiger partial charge in [-0.1, -0.05) is 17.7 Å². The zero-order chi connectivity index (χ0) is 10.8. The van der Waals surface area contributed by atoms with Gasteiger partial charge in [-0.2, -0.15) is 0 Å². The lowest BCUT2D eigenvalue weighted by Gasteiger charge is -2.16. The lowest BCUT2D eigenvalue weighted by Crippen LogP contribution is -2.18. The van der Waals surface area contributed by atoms with Gasteiger partial charge in [-0.15, -0.1) is 0 Å². The summed E-state index contributed by atoms with van der Waals surface area (Å²) in [4.78, 5) is 2.46. The summed E-state index contributed by atoms with van der Waals surface area (Å²) in [6, 6.07) is 4.13. The smallest absolute Gasteiger partial charge is 0.0641 e.